The van der Waals surface area contributed by atoms with Crippen molar-refractivity contribution in [2.45, 2.75) is 155 Å². The third kappa shape index (κ3) is 37.2. The Morgan fingerprint density at radius 1 is 0.520 bits per heavy atom. The van der Waals surface area contributed by atoms with Crippen LogP contribution in [-0.4, -0.2) is 35.6 Å². The van der Waals surface area contributed by atoms with E-state index >= 15 is 0 Å². The summed E-state index contributed by atoms with van der Waals surface area (Å²) >= 11 is 0. The molecule has 0 spiro atoms. The maximum Gasteiger partial charge on any atom is 0.322 e. The Hall–Kier alpha value is -3.67. The number of ether oxygens (including phenoxy) is 1. The first kappa shape index (κ1) is 46.3. The summed E-state index contributed by atoms with van der Waals surface area (Å²) in [5.74, 6) is -1.34. The van der Waals surface area contributed by atoms with Gasteiger partial charge in [0.15, 0.2) is 0 Å². The van der Waals surface area contributed by atoms with Crippen molar-refractivity contribution in [2.24, 2.45) is 0 Å². The van der Waals surface area contributed by atoms with Gasteiger partial charge in [-0.05, 0) is 103 Å². The Morgan fingerprint density at radius 3 is 1.48 bits per heavy atom. The lowest BCUT2D eigenvalue weighted by molar-refractivity contribution is -0.150. The molecular weight excluding hydrogens is 622 g/mol. The molecule has 280 valence electrons. The van der Waals surface area contributed by atoms with Crippen LogP contribution >= 0.6 is 0 Å². The van der Waals surface area contributed by atoms with E-state index in [0.717, 1.165) is 122 Å². The third-order valence-electron chi connectivity index (χ3n) is 7.76. The summed E-state index contributed by atoms with van der Waals surface area (Å²) in [5.41, 5.74) is 0. The summed E-state index contributed by atoms with van der Waals surface area (Å²) in [4.78, 5) is 34.9. The second-order valence-electron chi connectivity index (χ2n) is 12.4. The number of allylic oxidation sites excluding steroid dienone is 16. The van der Waals surface area contributed by atoms with Crippen molar-refractivity contribution in [2.75, 3.05) is 6.54 Å². The normalized spacial score (nSPS) is 13.2. The van der Waals surface area contributed by atoms with Crippen LogP contribution in [0.4, 0.5) is 0 Å². The van der Waals surface area contributed by atoms with Gasteiger partial charge < -0.3 is 15.2 Å². The first-order valence-corrected chi connectivity index (χ1v) is 19.4. The zero-order valence-corrected chi connectivity index (χ0v) is 31.5. The van der Waals surface area contributed by atoms with Crippen LogP contribution in [-0.2, 0) is 19.1 Å². The molecule has 0 aliphatic carbocycles. The van der Waals surface area contributed by atoms with Crippen molar-refractivity contribution in [3.05, 3.63) is 97.2 Å². The molecule has 2 N–H and O–H groups in total. The predicted molar refractivity (Wildman–Crippen MR) is 212 cm³/mol. The zero-order valence-electron chi connectivity index (χ0n) is 31.5. The largest absolute Gasteiger partial charge is 0.480 e. The molecule has 0 heterocycles. The molecule has 0 saturated carbocycles. The van der Waals surface area contributed by atoms with Crippen molar-refractivity contribution < 1.29 is 24.2 Å². The second-order valence-corrected chi connectivity index (χ2v) is 12.4. The molecule has 1 atom stereocenters. The first-order chi connectivity index (χ1) is 24.5. The maximum absolute atomic E-state index is 12.7. The van der Waals surface area contributed by atoms with Crippen molar-refractivity contribution in [3.8, 4) is 0 Å². The molecule has 0 fully saturated rings. The number of hydrogen-bond donors (Lipinski definition) is 2. The SMILES string of the molecule is CC/C=C\C/C=C\C/C=C\C/C=C\CCCCC(=O)OC(CC/C=C\C/C=C\C/C=C\C/C=C\CC)CCCCCCCC(=O)NCC(=O)O. The van der Waals surface area contributed by atoms with Crippen LogP contribution in [0.3, 0.4) is 0 Å². The molecule has 0 aliphatic heterocycles. The van der Waals surface area contributed by atoms with Crippen LogP contribution < -0.4 is 5.32 Å². The van der Waals surface area contributed by atoms with Crippen LogP contribution in [0.15, 0.2) is 97.2 Å². The fourth-order valence-electron chi connectivity index (χ4n) is 4.97. The Morgan fingerprint density at radius 2 is 0.960 bits per heavy atom. The number of nitrogens with one attached hydrogen (secondary N) is 1. The maximum atomic E-state index is 12.7. The van der Waals surface area contributed by atoms with E-state index in [4.69, 9.17) is 9.84 Å². The molecule has 0 aliphatic rings. The number of esters is 1. The van der Waals surface area contributed by atoms with Crippen LogP contribution in [0.1, 0.15) is 149 Å². The second kappa shape index (κ2) is 38.1. The van der Waals surface area contributed by atoms with E-state index in [9.17, 15) is 14.4 Å². The molecule has 0 saturated heterocycles. The Balaban J connectivity index is 4.43. The van der Waals surface area contributed by atoms with Gasteiger partial charge in [0.1, 0.15) is 12.6 Å². The van der Waals surface area contributed by atoms with E-state index < -0.39 is 5.97 Å². The molecule has 0 aromatic heterocycles. The van der Waals surface area contributed by atoms with Gasteiger partial charge in [0.05, 0.1) is 0 Å². The molecule has 1 unspecified atom stereocenters. The van der Waals surface area contributed by atoms with Crippen LogP contribution in [0.2, 0.25) is 0 Å². The standard InChI is InChI=1S/C44H69NO5/c1-3-5-7-9-11-13-15-17-18-20-22-24-26-31-35-39-44(49)50-41(37-33-29-27-30-34-38-42(46)45-40-43(47)48)36-32-28-25-23-21-19-16-14-12-10-8-6-4-2/h5-8,11-14,17-19,21-22,24-25,28,41H,3-4,9-10,15-16,20,23,26-27,29-40H2,1-2H3,(H,45,46)(H,47,48)/b7-5-,8-6-,13-11-,14-12-,18-17-,21-19-,24-22-,28-25-. The Kier molecular flexibility index (Phi) is 35.3. The summed E-state index contributed by atoms with van der Waals surface area (Å²) in [6.45, 7) is 3.96. The van der Waals surface area contributed by atoms with Gasteiger partial charge >= 0.3 is 11.9 Å². The Labute approximate surface area is 305 Å². The molecule has 50 heavy (non-hydrogen) atoms. The number of carboxylic acid groups (broad SMARTS) is 1. The fraction of sp³-hybridized carbons (Fsp3) is 0.568. The average molecular weight is 692 g/mol. The highest BCUT2D eigenvalue weighted by Crippen LogP contribution is 2.16. The minimum Gasteiger partial charge on any atom is -0.480 e. The molecule has 0 bridgehead atoms. The highest BCUT2D eigenvalue weighted by atomic mass is 16.5. The quantitative estimate of drug-likeness (QED) is 0.0406. The van der Waals surface area contributed by atoms with Crippen LogP contribution in [0, 0.1) is 0 Å². The monoisotopic (exact) mass is 692 g/mol. The smallest absolute Gasteiger partial charge is 0.322 e. The fourth-order valence-corrected chi connectivity index (χ4v) is 4.97. The summed E-state index contributed by atoms with van der Waals surface area (Å²) in [6.07, 6.45) is 53.8. The van der Waals surface area contributed by atoms with Crippen molar-refractivity contribution in [1.29, 1.82) is 0 Å². The molecule has 0 aromatic carbocycles. The Bertz CT molecular complexity index is 1080. The van der Waals surface area contributed by atoms with E-state index in [1.165, 1.54) is 0 Å². The topological polar surface area (TPSA) is 92.7 Å². The highest BCUT2D eigenvalue weighted by molar-refractivity contribution is 5.80. The van der Waals surface area contributed by atoms with Gasteiger partial charge in [0, 0.05) is 12.8 Å². The van der Waals surface area contributed by atoms with Gasteiger partial charge in [-0.25, -0.2) is 0 Å². The number of hydrogen-bond acceptors (Lipinski definition) is 4. The van der Waals surface area contributed by atoms with Gasteiger partial charge in [-0.15, -0.1) is 0 Å². The molecule has 0 rings (SSSR count). The number of carbonyl (C=O) groups is 3. The van der Waals surface area contributed by atoms with Crippen LogP contribution in [0.25, 0.3) is 0 Å². The number of unbranched alkanes of at least 4 members (excludes halogenated alkanes) is 6. The number of carbonyl (C=O) groups excluding carboxylic acids is 2. The zero-order chi connectivity index (χ0) is 36.6. The summed E-state index contributed by atoms with van der Waals surface area (Å²) in [7, 11) is 0. The first-order valence-electron chi connectivity index (χ1n) is 19.4. The summed E-state index contributed by atoms with van der Waals surface area (Å²) in [6, 6.07) is 0. The van der Waals surface area contributed by atoms with Gasteiger partial charge in [0.2, 0.25) is 5.91 Å². The minimum absolute atomic E-state index is 0.0780. The molecule has 0 aromatic rings. The number of aliphatic carboxylic acids is 1. The molecule has 0 radical (unpaired) electrons. The van der Waals surface area contributed by atoms with E-state index in [1.54, 1.807) is 0 Å². The molecule has 6 heteroatoms. The molecule has 1 amide bonds. The lowest BCUT2D eigenvalue weighted by Crippen LogP contribution is -2.28. The van der Waals surface area contributed by atoms with Gasteiger partial charge in [-0.2, -0.15) is 0 Å². The van der Waals surface area contributed by atoms with Crippen molar-refractivity contribution in [3.63, 3.8) is 0 Å². The van der Waals surface area contributed by atoms with E-state index in [-0.39, 0.29) is 24.5 Å². The lowest BCUT2D eigenvalue weighted by Gasteiger charge is -2.17. The summed E-state index contributed by atoms with van der Waals surface area (Å²) < 4.78 is 5.95. The number of amides is 1. The summed E-state index contributed by atoms with van der Waals surface area (Å²) in [5, 5.41) is 11.1. The van der Waals surface area contributed by atoms with Gasteiger partial charge in [-0.1, -0.05) is 130 Å². The van der Waals surface area contributed by atoms with Crippen LogP contribution in [0.5, 0.6) is 0 Å². The molecular formula is C44H69NO5. The highest BCUT2D eigenvalue weighted by Gasteiger charge is 2.13. The van der Waals surface area contributed by atoms with Crippen molar-refractivity contribution >= 4 is 17.8 Å². The van der Waals surface area contributed by atoms with Gasteiger partial charge in [-0.3, -0.25) is 14.4 Å². The van der Waals surface area contributed by atoms with Crippen molar-refractivity contribution in [1.82, 2.24) is 5.32 Å². The van der Waals surface area contributed by atoms with E-state index in [0.29, 0.717) is 12.8 Å². The lowest BCUT2D eigenvalue weighted by atomic mass is 10.0. The number of carboxylic acids is 1. The van der Waals surface area contributed by atoms with Gasteiger partial charge in [0.25, 0.3) is 0 Å². The predicted octanol–water partition coefficient (Wildman–Crippen LogP) is 11.8. The average Bonchev–Trinajstić information content (AvgIpc) is 3.10. The minimum atomic E-state index is -1.03. The van der Waals surface area contributed by atoms with E-state index in [1.807, 2.05) is 0 Å². The third-order valence-corrected chi connectivity index (χ3v) is 7.76. The molecule has 6 nitrogen and oxygen atoms in total. The van der Waals surface area contributed by atoms with E-state index in [2.05, 4.69) is 116 Å². The number of rotatable bonds is 33.